The summed E-state index contributed by atoms with van der Waals surface area (Å²) in [6, 6.07) is 4.46. The normalized spacial score (nSPS) is 11.9. The Bertz CT molecular complexity index is 664. The molecule has 21 heavy (non-hydrogen) atoms. The summed E-state index contributed by atoms with van der Waals surface area (Å²) >= 11 is 5.84. The van der Waals surface area contributed by atoms with Gasteiger partial charge in [-0.15, -0.1) is 0 Å². The van der Waals surface area contributed by atoms with Crippen LogP contribution in [0.1, 0.15) is 24.6 Å². The summed E-state index contributed by atoms with van der Waals surface area (Å²) in [6.45, 7) is 1.84. The molecule has 3 nitrogen and oxygen atoms in total. The highest BCUT2D eigenvalue weighted by Crippen LogP contribution is 2.36. The van der Waals surface area contributed by atoms with Crippen molar-refractivity contribution in [3.8, 4) is 0 Å². The number of carbonyl (C=O) groups is 1. The fraction of sp³-hybridized carbons (Fsp3) is 0.357. The van der Waals surface area contributed by atoms with Crippen LogP contribution >= 0.6 is 11.6 Å². The van der Waals surface area contributed by atoms with Crippen LogP contribution in [0.3, 0.4) is 0 Å². The Morgan fingerprint density at radius 1 is 1.38 bits per heavy atom. The van der Waals surface area contributed by atoms with Gasteiger partial charge in [-0.3, -0.25) is 4.79 Å². The minimum atomic E-state index is -4.52. The van der Waals surface area contributed by atoms with Gasteiger partial charge in [-0.1, -0.05) is 11.6 Å². The van der Waals surface area contributed by atoms with Gasteiger partial charge in [0.15, 0.2) is 0 Å². The van der Waals surface area contributed by atoms with Gasteiger partial charge in [0.25, 0.3) is 0 Å². The number of aryl methyl sites for hydroxylation is 1. The molecule has 1 aromatic heterocycles. The van der Waals surface area contributed by atoms with Crippen molar-refractivity contribution in [2.45, 2.75) is 25.9 Å². The molecule has 1 heterocycles. The largest absolute Gasteiger partial charge is 0.466 e. The summed E-state index contributed by atoms with van der Waals surface area (Å²) in [5, 5.41) is 0.715. The number of nitrogens with one attached hydrogen (secondary N) is 1. The first-order valence-electron chi connectivity index (χ1n) is 6.36. The van der Waals surface area contributed by atoms with Gasteiger partial charge in [0, 0.05) is 22.3 Å². The number of fused-ring (bicyclic) bond motifs is 1. The molecule has 0 aliphatic heterocycles. The number of esters is 1. The van der Waals surface area contributed by atoms with E-state index in [2.05, 4.69) is 4.98 Å². The maximum Gasteiger partial charge on any atom is 0.431 e. The quantitative estimate of drug-likeness (QED) is 0.852. The van der Waals surface area contributed by atoms with Crippen LogP contribution < -0.4 is 0 Å². The van der Waals surface area contributed by atoms with Crippen molar-refractivity contribution in [1.82, 2.24) is 4.98 Å². The lowest BCUT2D eigenvalue weighted by Gasteiger charge is -2.08. The predicted molar refractivity (Wildman–Crippen MR) is 73.3 cm³/mol. The number of halogens is 4. The summed E-state index contributed by atoms with van der Waals surface area (Å²) in [5.74, 6) is -0.526. The Labute approximate surface area is 124 Å². The molecule has 2 rings (SSSR count). The van der Waals surface area contributed by atoms with Crippen molar-refractivity contribution >= 4 is 28.5 Å². The van der Waals surface area contributed by atoms with Crippen LogP contribution in [-0.2, 0) is 22.1 Å². The van der Waals surface area contributed by atoms with Crippen LogP contribution in [0.4, 0.5) is 13.2 Å². The number of rotatable bonds is 4. The van der Waals surface area contributed by atoms with E-state index in [1.807, 2.05) is 0 Å². The highest BCUT2D eigenvalue weighted by molar-refractivity contribution is 6.31. The summed E-state index contributed by atoms with van der Waals surface area (Å²) in [7, 11) is 0. The fourth-order valence-corrected chi connectivity index (χ4v) is 2.35. The summed E-state index contributed by atoms with van der Waals surface area (Å²) < 4.78 is 44.0. The van der Waals surface area contributed by atoms with Crippen molar-refractivity contribution in [1.29, 1.82) is 0 Å². The maximum absolute atomic E-state index is 13.1. The second-order valence-electron chi connectivity index (χ2n) is 4.47. The molecule has 0 bridgehead atoms. The van der Waals surface area contributed by atoms with E-state index in [0.717, 1.165) is 0 Å². The number of benzene rings is 1. The zero-order valence-electron chi connectivity index (χ0n) is 11.2. The lowest BCUT2D eigenvalue weighted by Crippen LogP contribution is -2.11. The van der Waals surface area contributed by atoms with Crippen molar-refractivity contribution in [2.24, 2.45) is 0 Å². The van der Waals surface area contributed by atoms with E-state index >= 15 is 0 Å². The fourth-order valence-electron chi connectivity index (χ4n) is 2.18. The number of carbonyl (C=O) groups excluding carboxylic acids is 1. The van der Waals surface area contributed by atoms with Crippen molar-refractivity contribution < 1.29 is 22.7 Å². The molecule has 0 atom stereocenters. The van der Waals surface area contributed by atoms with E-state index < -0.39 is 17.8 Å². The molecule has 0 radical (unpaired) electrons. The second-order valence-corrected chi connectivity index (χ2v) is 4.91. The van der Waals surface area contributed by atoms with Crippen LogP contribution in [-0.4, -0.2) is 17.6 Å². The smallest absolute Gasteiger partial charge is 0.431 e. The van der Waals surface area contributed by atoms with E-state index in [0.29, 0.717) is 15.9 Å². The molecule has 0 fully saturated rings. The number of aromatic nitrogens is 1. The van der Waals surface area contributed by atoms with Crippen molar-refractivity contribution in [3.05, 3.63) is 34.5 Å². The molecular weight excluding hydrogens is 307 g/mol. The first kappa shape index (κ1) is 15.7. The highest BCUT2D eigenvalue weighted by atomic mass is 35.5. The predicted octanol–water partition coefficient (Wildman–Crippen LogP) is 4.34. The number of ether oxygens (including phenoxy) is 1. The third kappa shape index (κ3) is 3.50. The Hall–Kier alpha value is -1.69. The van der Waals surface area contributed by atoms with Crippen LogP contribution in [0.15, 0.2) is 18.2 Å². The lowest BCUT2D eigenvalue weighted by atomic mass is 10.1. The zero-order valence-corrected chi connectivity index (χ0v) is 11.9. The first-order chi connectivity index (χ1) is 9.82. The van der Waals surface area contributed by atoms with Gasteiger partial charge in [-0.2, -0.15) is 13.2 Å². The maximum atomic E-state index is 13.1. The van der Waals surface area contributed by atoms with Gasteiger partial charge >= 0.3 is 12.1 Å². The average Bonchev–Trinajstić information content (AvgIpc) is 2.74. The standard InChI is InChI=1S/C14H13ClF3NO2/c1-2-21-12(20)6-4-9-10-7-8(15)3-5-11(10)19-13(9)14(16,17)18/h3,5,7,19H,2,4,6H2,1H3. The van der Waals surface area contributed by atoms with E-state index in [1.54, 1.807) is 6.92 Å². The van der Waals surface area contributed by atoms with E-state index in [1.165, 1.54) is 18.2 Å². The van der Waals surface area contributed by atoms with Crippen LogP contribution in [0, 0.1) is 0 Å². The molecule has 0 aliphatic rings. The minimum absolute atomic E-state index is 0.0352. The van der Waals surface area contributed by atoms with Crippen molar-refractivity contribution in [2.75, 3.05) is 6.61 Å². The Balaban J connectivity index is 2.42. The van der Waals surface area contributed by atoms with E-state index in [9.17, 15) is 18.0 Å². The first-order valence-corrected chi connectivity index (χ1v) is 6.73. The molecule has 0 amide bonds. The lowest BCUT2D eigenvalue weighted by molar-refractivity contribution is -0.144. The summed E-state index contributed by atoms with van der Waals surface area (Å²) in [4.78, 5) is 13.7. The molecule has 1 N–H and O–H groups in total. The van der Waals surface area contributed by atoms with Gasteiger partial charge in [-0.25, -0.2) is 0 Å². The molecule has 0 saturated carbocycles. The summed E-state index contributed by atoms with van der Waals surface area (Å²) in [5.41, 5.74) is -0.470. The second kappa shape index (κ2) is 5.97. The topological polar surface area (TPSA) is 42.1 Å². The SMILES string of the molecule is CCOC(=O)CCc1c(C(F)(F)F)[nH]c2ccc(Cl)cc12. The molecular formula is C14H13ClF3NO2. The minimum Gasteiger partial charge on any atom is -0.466 e. The molecule has 7 heteroatoms. The monoisotopic (exact) mass is 319 g/mol. The molecule has 0 unspecified atom stereocenters. The third-order valence-corrected chi connectivity index (χ3v) is 3.27. The Kier molecular flexibility index (Phi) is 4.46. The highest BCUT2D eigenvalue weighted by Gasteiger charge is 2.36. The van der Waals surface area contributed by atoms with Crippen molar-refractivity contribution in [3.63, 3.8) is 0 Å². The van der Waals surface area contributed by atoms with Gasteiger partial charge in [0.2, 0.25) is 0 Å². The van der Waals surface area contributed by atoms with Gasteiger partial charge in [0.05, 0.1) is 6.61 Å². The van der Waals surface area contributed by atoms with Gasteiger partial charge in [0.1, 0.15) is 5.69 Å². The molecule has 0 saturated heterocycles. The van der Waals surface area contributed by atoms with Gasteiger partial charge in [-0.05, 0) is 37.1 Å². The third-order valence-electron chi connectivity index (χ3n) is 3.04. The van der Waals surface area contributed by atoms with Crippen LogP contribution in [0.5, 0.6) is 0 Å². The number of alkyl halides is 3. The number of hydrogen-bond donors (Lipinski definition) is 1. The Morgan fingerprint density at radius 3 is 2.71 bits per heavy atom. The van der Waals surface area contributed by atoms with E-state index in [4.69, 9.17) is 16.3 Å². The number of H-pyrrole nitrogens is 1. The van der Waals surface area contributed by atoms with Gasteiger partial charge < -0.3 is 9.72 Å². The van der Waals surface area contributed by atoms with Crippen LogP contribution in [0.25, 0.3) is 10.9 Å². The molecule has 0 aliphatic carbocycles. The number of hydrogen-bond acceptors (Lipinski definition) is 2. The molecule has 0 spiro atoms. The molecule has 1 aromatic carbocycles. The summed E-state index contributed by atoms with van der Waals surface area (Å²) in [6.07, 6.45) is -4.69. The zero-order chi connectivity index (χ0) is 15.6. The van der Waals surface area contributed by atoms with Crippen LogP contribution in [0.2, 0.25) is 5.02 Å². The molecule has 2 aromatic rings. The number of aromatic amines is 1. The van der Waals surface area contributed by atoms with E-state index in [-0.39, 0.29) is 25.0 Å². The molecule has 114 valence electrons. The Morgan fingerprint density at radius 2 is 2.10 bits per heavy atom. The average molecular weight is 320 g/mol.